The van der Waals surface area contributed by atoms with Crippen LogP contribution in [-0.2, 0) is 14.3 Å². The molecule has 0 radical (unpaired) electrons. The molecule has 0 saturated heterocycles. The summed E-state index contributed by atoms with van der Waals surface area (Å²) in [5.41, 5.74) is 8.67. The number of hydrogen-bond donors (Lipinski definition) is 1. The molecule has 2 aliphatic rings. The molecule has 1 fully saturated rings. The van der Waals surface area contributed by atoms with E-state index in [4.69, 9.17) is 15.2 Å². The van der Waals surface area contributed by atoms with Gasteiger partial charge in [-0.1, -0.05) is 24.3 Å². The third kappa shape index (κ3) is 3.18. The van der Waals surface area contributed by atoms with Gasteiger partial charge in [-0.3, -0.25) is 0 Å². The summed E-state index contributed by atoms with van der Waals surface area (Å²) in [5, 5.41) is 0. The molecule has 0 unspecified atom stereocenters. The fourth-order valence-electron chi connectivity index (χ4n) is 4.50. The minimum Gasteiger partial charge on any atom is -0.447 e. The van der Waals surface area contributed by atoms with Crippen LogP contribution in [0.4, 0.5) is 9.18 Å². The molecule has 1 amide bonds. The van der Waals surface area contributed by atoms with Crippen LogP contribution in [0.25, 0.3) is 16.7 Å². The Morgan fingerprint density at radius 1 is 1.10 bits per heavy atom. The number of hydrogen-bond acceptors (Lipinski definition) is 4. The van der Waals surface area contributed by atoms with Crippen LogP contribution < -0.4 is 5.73 Å². The quantitative estimate of drug-likeness (QED) is 0.758. The summed E-state index contributed by atoms with van der Waals surface area (Å²) in [7, 11) is 0. The summed E-state index contributed by atoms with van der Waals surface area (Å²) in [6, 6.07) is 10.00. The zero-order valence-corrected chi connectivity index (χ0v) is 16.4. The number of rotatable bonds is 3. The van der Waals surface area contributed by atoms with E-state index in [-0.39, 0.29) is 17.1 Å². The lowest BCUT2D eigenvalue weighted by molar-refractivity contribution is -0.146. The average Bonchev–Trinajstić information content (AvgIpc) is 3.23. The Hall–Kier alpha value is -3.15. The zero-order valence-electron chi connectivity index (χ0n) is 16.4. The van der Waals surface area contributed by atoms with E-state index < -0.39 is 17.7 Å². The maximum Gasteiger partial charge on any atom is 0.409 e. The highest BCUT2D eigenvalue weighted by molar-refractivity contribution is 6.21. The van der Waals surface area contributed by atoms with Crippen LogP contribution in [0.3, 0.4) is 0 Å². The van der Waals surface area contributed by atoms with E-state index in [1.807, 2.05) is 26.0 Å². The van der Waals surface area contributed by atoms with Gasteiger partial charge in [-0.2, -0.15) is 0 Å². The van der Waals surface area contributed by atoms with Gasteiger partial charge in [0.2, 0.25) is 0 Å². The van der Waals surface area contributed by atoms with Gasteiger partial charge in [0.05, 0.1) is 0 Å². The van der Waals surface area contributed by atoms with Gasteiger partial charge < -0.3 is 15.2 Å². The van der Waals surface area contributed by atoms with Crippen molar-refractivity contribution < 1.29 is 23.5 Å². The Labute approximate surface area is 168 Å². The van der Waals surface area contributed by atoms with Crippen molar-refractivity contribution in [3.05, 3.63) is 64.7 Å². The molecular weight excluding hydrogens is 373 g/mol. The number of aryl methyl sites for hydroxylation is 1. The van der Waals surface area contributed by atoms with Crippen molar-refractivity contribution in [1.29, 1.82) is 0 Å². The second kappa shape index (κ2) is 7.03. The summed E-state index contributed by atoms with van der Waals surface area (Å²) >= 11 is 0. The molecule has 2 N–H and O–H groups in total. The molecule has 1 spiro atoms. The molecule has 0 atom stereocenters. The van der Waals surface area contributed by atoms with Crippen LogP contribution in [-0.4, -0.2) is 17.7 Å². The van der Waals surface area contributed by atoms with E-state index in [1.165, 1.54) is 12.1 Å². The van der Waals surface area contributed by atoms with Crippen molar-refractivity contribution in [2.75, 3.05) is 0 Å². The molecule has 1 saturated carbocycles. The molecule has 2 aromatic rings. The zero-order chi connectivity index (χ0) is 20.8. The minimum absolute atomic E-state index is 0.218. The fraction of sp³-hybridized carbons (Fsp3) is 0.304. The molecule has 2 aromatic carbocycles. The molecule has 1 aliphatic heterocycles. The monoisotopic (exact) mass is 395 g/mol. The Morgan fingerprint density at radius 3 is 2.38 bits per heavy atom. The minimum atomic E-state index is -0.966. The summed E-state index contributed by atoms with van der Waals surface area (Å²) < 4.78 is 24.5. The highest BCUT2D eigenvalue weighted by Gasteiger charge is 2.52. The van der Waals surface area contributed by atoms with Crippen molar-refractivity contribution in [2.45, 2.75) is 45.1 Å². The van der Waals surface area contributed by atoms with E-state index in [0.29, 0.717) is 18.4 Å². The number of ether oxygens (including phenoxy) is 2. The lowest BCUT2D eigenvalue weighted by atomic mass is 9.87. The summed E-state index contributed by atoms with van der Waals surface area (Å²) in [6.07, 6.45) is 1.98. The van der Waals surface area contributed by atoms with Gasteiger partial charge in [0.1, 0.15) is 11.4 Å². The van der Waals surface area contributed by atoms with E-state index in [2.05, 4.69) is 0 Å². The standard InChI is InChI=1S/C23H22FNO4/c1-13-5-10-17(15-6-8-16(24)9-7-15)14(2)18(13)19-20(28-22(25)27)23(29-21(19)26)11-3-4-12-23/h5-10H,3-4,11-12H2,1-2H3,(H2,25,27). The largest absolute Gasteiger partial charge is 0.447 e. The first-order valence-electron chi connectivity index (χ1n) is 9.64. The predicted molar refractivity (Wildman–Crippen MR) is 106 cm³/mol. The predicted octanol–water partition coefficient (Wildman–Crippen LogP) is 4.79. The Bertz CT molecular complexity index is 1030. The van der Waals surface area contributed by atoms with Crippen molar-refractivity contribution in [3.63, 3.8) is 0 Å². The van der Waals surface area contributed by atoms with Crippen LogP contribution >= 0.6 is 0 Å². The number of carbonyl (C=O) groups excluding carboxylic acids is 2. The first-order valence-corrected chi connectivity index (χ1v) is 9.64. The molecule has 1 heterocycles. The van der Waals surface area contributed by atoms with Gasteiger partial charge in [-0.25, -0.2) is 14.0 Å². The third-order valence-corrected chi connectivity index (χ3v) is 5.83. The van der Waals surface area contributed by atoms with E-state index >= 15 is 0 Å². The first-order chi connectivity index (χ1) is 13.8. The summed E-state index contributed by atoms with van der Waals surface area (Å²) in [6.45, 7) is 3.78. The van der Waals surface area contributed by atoms with Crippen molar-refractivity contribution in [1.82, 2.24) is 0 Å². The molecule has 150 valence electrons. The van der Waals surface area contributed by atoms with E-state index in [1.54, 1.807) is 12.1 Å². The van der Waals surface area contributed by atoms with Gasteiger partial charge in [-0.05, 0) is 79.5 Å². The highest BCUT2D eigenvalue weighted by atomic mass is 19.1. The SMILES string of the molecule is Cc1ccc(-c2ccc(F)cc2)c(C)c1C1=C(OC(N)=O)C2(CCCC2)OC1=O. The molecule has 4 rings (SSSR count). The van der Waals surface area contributed by atoms with Gasteiger partial charge in [0.15, 0.2) is 11.4 Å². The molecular formula is C23H22FNO4. The summed E-state index contributed by atoms with van der Waals surface area (Å²) in [5.74, 6) is -0.610. The average molecular weight is 395 g/mol. The Balaban J connectivity index is 1.94. The normalized spacial score (nSPS) is 17.7. The molecule has 5 nitrogen and oxygen atoms in total. The Kier molecular flexibility index (Phi) is 4.65. The van der Waals surface area contributed by atoms with Gasteiger partial charge in [0, 0.05) is 0 Å². The lowest BCUT2D eigenvalue weighted by Gasteiger charge is -2.24. The lowest BCUT2D eigenvalue weighted by Crippen LogP contribution is -2.31. The maximum absolute atomic E-state index is 13.4. The number of nitrogens with two attached hydrogens (primary N) is 1. The maximum atomic E-state index is 13.4. The van der Waals surface area contributed by atoms with Gasteiger partial charge in [-0.15, -0.1) is 0 Å². The second-order valence-electron chi connectivity index (χ2n) is 7.65. The first kappa shape index (κ1) is 19.2. The van der Waals surface area contributed by atoms with Crippen molar-refractivity contribution in [2.24, 2.45) is 5.73 Å². The molecule has 1 aliphatic carbocycles. The summed E-state index contributed by atoms with van der Waals surface area (Å²) in [4.78, 5) is 24.6. The molecule has 0 bridgehead atoms. The van der Waals surface area contributed by atoms with Crippen LogP contribution in [0.2, 0.25) is 0 Å². The number of halogens is 1. The number of esters is 1. The smallest absolute Gasteiger partial charge is 0.409 e. The van der Waals surface area contributed by atoms with E-state index in [9.17, 15) is 14.0 Å². The van der Waals surface area contributed by atoms with Crippen LogP contribution in [0.15, 0.2) is 42.2 Å². The van der Waals surface area contributed by atoms with E-state index in [0.717, 1.165) is 35.1 Å². The topological polar surface area (TPSA) is 78.6 Å². The van der Waals surface area contributed by atoms with Crippen molar-refractivity contribution >= 4 is 17.6 Å². The Morgan fingerprint density at radius 2 is 1.76 bits per heavy atom. The van der Waals surface area contributed by atoms with Gasteiger partial charge in [0.25, 0.3) is 0 Å². The second-order valence-corrected chi connectivity index (χ2v) is 7.65. The van der Waals surface area contributed by atoms with Crippen molar-refractivity contribution in [3.8, 4) is 11.1 Å². The molecule has 0 aromatic heterocycles. The number of amides is 1. The van der Waals surface area contributed by atoms with Gasteiger partial charge >= 0.3 is 12.1 Å². The van der Waals surface area contributed by atoms with Crippen LogP contribution in [0.1, 0.15) is 42.4 Å². The van der Waals surface area contributed by atoms with Crippen LogP contribution in [0.5, 0.6) is 0 Å². The number of carbonyl (C=O) groups is 2. The van der Waals surface area contributed by atoms with Crippen LogP contribution in [0, 0.1) is 19.7 Å². The third-order valence-electron chi connectivity index (χ3n) is 5.83. The molecule has 6 heteroatoms. The fourth-order valence-corrected chi connectivity index (χ4v) is 4.50. The molecule has 29 heavy (non-hydrogen) atoms. The highest BCUT2D eigenvalue weighted by Crippen LogP contribution is 2.49. The number of primary amides is 1. The number of benzene rings is 2.